The highest BCUT2D eigenvalue weighted by molar-refractivity contribution is 5.47. The van der Waals surface area contributed by atoms with Gasteiger partial charge in [0.25, 0.3) is 0 Å². The predicted octanol–water partition coefficient (Wildman–Crippen LogP) is 2.50. The number of benzene rings is 1. The highest BCUT2D eigenvalue weighted by Gasteiger charge is 2.11. The molecule has 0 spiro atoms. The number of anilines is 1. The summed E-state index contributed by atoms with van der Waals surface area (Å²) in [5, 5.41) is 0. The molecule has 0 saturated heterocycles. The van der Waals surface area contributed by atoms with Crippen LogP contribution in [0.1, 0.15) is 22.7 Å². The van der Waals surface area contributed by atoms with Crippen LogP contribution >= 0.6 is 0 Å². The second-order valence-corrected chi connectivity index (χ2v) is 4.69. The summed E-state index contributed by atoms with van der Waals surface area (Å²) in [6.07, 6.45) is 1.86. The Kier molecular flexibility index (Phi) is 3.63. The van der Waals surface area contributed by atoms with Gasteiger partial charge >= 0.3 is 0 Å². The fraction of sp³-hybridized carbons (Fsp3) is 0.267. The van der Waals surface area contributed by atoms with Crippen LogP contribution < -0.4 is 10.6 Å². The average molecular weight is 241 g/mol. The third-order valence-corrected chi connectivity index (χ3v) is 3.01. The molecule has 2 aromatic rings. The summed E-state index contributed by atoms with van der Waals surface area (Å²) in [7, 11) is 3.98. The molecule has 0 aliphatic heterocycles. The normalized spacial score (nSPS) is 12.2. The number of hydrogen-bond acceptors (Lipinski definition) is 3. The van der Waals surface area contributed by atoms with E-state index < -0.39 is 0 Å². The quantitative estimate of drug-likeness (QED) is 0.897. The van der Waals surface area contributed by atoms with E-state index in [2.05, 4.69) is 18.0 Å². The van der Waals surface area contributed by atoms with Gasteiger partial charge in [0.1, 0.15) is 5.82 Å². The smallest absolute Gasteiger partial charge is 0.130 e. The van der Waals surface area contributed by atoms with Crippen molar-refractivity contribution in [3.05, 3.63) is 59.3 Å². The van der Waals surface area contributed by atoms with E-state index >= 15 is 0 Å². The summed E-state index contributed by atoms with van der Waals surface area (Å²) in [4.78, 5) is 6.48. The van der Waals surface area contributed by atoms with Gasteiger partial charge in [-0.1, -0.05) is 30.3 Å². The summed E-state index contributed by atoms with van der Waals surface area (Å²) in [6.45, 7) is 2.06. The number of pyridine rings is 1. The standard InChI is InChI=1S/C15H19N3/c1-11-9-13(10-17-15(11)18(2)3)14(16)12-7-5-4-6-8-12/h4-10,14H,16H2,1-3H3. The van der Waals surface area contributed by atoms with E-state index in [9.17, 15) is 0 Å². The maximum absolute atomic E-state index is 6.26. The van der Waals surface area contributed by atoms with Gasteiger partial charge in [0.05, 0.1) is 6.04 Å². The lowest BCUT2D eigenvalue weighted by Crippen LogP contribution is -2.15. The van der Waals surface area contributed by atoms with Crippen molar-refractivity contribution in [2.45, 2.75) is 13.0 Å². The van der Waals surface area contributed by atoms with Gasteiger partial charge in [0, 0.05) is 20.3 Å². The molecule has 1 heterocycles. The third-order valence-electron chi connectivity index (χ3n) is 3.01. The monoisotopic (exact) mass is 241 g/mol. The minimum absolute atomic E-state index is 0.117. The molecule has 1 unspecified atom stereocenters. The van der Waals surface area contributed by atoms with Gasteiger partial charge in [-0.15, -0.1) is 0 Å². The van der Waals surface area contributed by atoms with Gasteiger partial charge in [-0.05, 0) is 29.7 Å². The lowest BCUT2D eigenvalue weighted by atomic mass is 10.00. The predicted molar refractivity (Wildman–Crippen MR) is 75.8 cm³/mol. The van der Waals surface area contributed by atoms with E-state index in [1.165, 1.54) is 0 Å². The van der Waals surface area contributed by atoms with E-state index in [-0.39, 0.29) is 6.04 Å². The van der Waals surface area contributed by atoms with E-state index in [4.69, 9.17) is 5.73 Å². The topological polar surface area (TPSA) is 42.1 Å². The summed E-state index contributed by atoms with van der Waals surface area (Å²) < 4.78 is 0. The molecule has 18 heavy (non-hydrogen) atoms. The molecule has 0 aliphatic carbocycles. The third kappa shape index (κ3) is 2.51. The van der Waals surface area contributed by atoms with Crippen LogP contribution in [0.15, 0.2) is 42.6 Å². The molecule has 1 aromatic carbocycles. The lowest BCUT2D eigenvalue weighted by Gasteiger charge is -2.17. The lowest BCUT2D eigenvalue weighted by molar-refractivity contribution is 0.858. The number of rotatable bonds is 3. The van der Waals surface area contributed by atoms with Crippen LogP contribution in [-0.2, 0) is 0 Å². The molecular weight excluding hydrogens is 222 g/mol. The van der Waals surface area contributed by atoms with Crippen LogP contribution in [0.4, 0.5) is 5.82 Å². The number of aryl methyl sites for hydroxylation is 1. The molecule has 3 nitrogen and oxygen atoms in total. The summed E-state index contributed by atoms with van der Waals surface area (Å²) in [5.41, 5.74) is 9.55. The minimum atomic E-state index is -0.117. The second kappa shape index (κ2) is 5.19. The van der Waals surface area contributed by atoms with Gasteiger partial charge in [-0.25, -0.2) is 4.98 Å². The summed E-state index contributed by atoms with van der Waals surface area (Å²) in [5.74, 6) is 0.985. The Bertz CT molecular complexity index is 521. The van der Waals surface area contributed by atoms with Gasteiger partial charge in [-0.2, -0.15) is 0 Å². The van der Waals surface area contributed by atoms with Gasteiger partial charge in [0.15, 0.2) is 0 Å². The average Bonchev–Trinajstić information content (AvgIpc) is 2.38. The Balaban J connectivity index is 2.32. The summed E-state index contributed by atoms with van der Waals surface area (Å²) >= 11 is 0. The molecule has 0 amide bonds. The highest BCUT2D eigenvalue weighted by atomic mass is 15.1. The van der Waals surface area contributed by atoms with E-state index in [1.807, 2.05) is 55.5 Å². The largest absolute Gasteiger partial charge is 0.363 e. The SMILES string of the molecule is Cc1cc(C(N)c2ccccc2)cnc1N(C)C. The molecule has 0 radical (unpaired) electrons. The van der Waals surface area contributed by atoms with Crippen molar-refractivity contribution in [1.29, 1.82) is 0 Å². The minimum Gasteiger partial charge on any atom is -0.363 e. The van der Waals surface area contributed by atoms with Crippen molar-refractivity contribution >= 4 is 5.82 Å². The second-order valence-electron chi connectivity index (χ2n) is 4.69. The van der Waals surface area contributed by atoms with Crippen molar-refractivity contribution in [2.75, 3.05) is 19.0 Å². The zero-order chi connectivity index (χ0) is 13.1. The van der Waals surface area contributed by atoms with Gasteiger partial charge < -0.3 is 10.6 Å². The number of nitrogens with two attached hydrogens (primary N) is 1. The molecule has 1 atom stereocenters. The molecule has 0 fully saturated rings. The molecule has 0 bridgehead atoms. The Hall–Kier alpha value is -1.87. The maximum atomic E-state index is 6.26. The molecular formula is C15H19N3. The first-order chi connectivity index (χ1) is 8.59. The van der Waals surface area contributed by atoms with Gasteiger partial charge in [0.2, 0.25) is 0 Å². The van der Waals surface area contributed by atoms with E-state index in [0.29, 0.717) is 0 Å². The van der Waals surface area contributed by atoms with Crippen LogP contribution in [0.3, 0.4) is 0 Å². The van der Waals surface area contributed by atoms with Crippen molar-refractivity contribution < 1.29 is 0 Å². The molecule has 0 aliphatic rings. The van der Waals surface area contributed by atoms with Crippen molar-refractivity contribution in [1.82, 2.24) is 4.98 Å². The molecule has 2 rings (SSSR count). The van der Waals surface area contributed by atoms with Crippen molar-refractivity contribution in [3.63, 3.8) is 0 Å². The molecule has 1 aromatic heterocycles. The first kappa shape index (κ1) is 12.6. The number of aromatic nitrogens is 1. The van der Waals surface area contributed by atoms with Gasteiger partial charge in [-0.3, -0.25) is 0 Å². The van der Waals surface area contributed by atoms with Crippen molar-refractivity contribution in [2.24, 2.45) is 5.73 Å². The number of hydrogen-bond donors (Lipinski definition) is 1. The Morgan fingerprint density at radius 3 is 2.33 bits per heavy atom. The molecule has 94 valence electrons. The fourth-order valence-electron chi connectivity index (χ4n) is 2.08. The molecule has 2 N–H and O–H groups in total. The van der Waals surface area contributed by atoms with E-state index in [0.717, 1.165) is 22.5 Å². The Morgan fingerprint density at radius 1 is 1.11 bits per heavy atom. The van der Waals surface area contributed by atoms with Crippen LogP contribution in [0, 0.1) is 6.92 Å². The first-order valence-electron chi connectivity index (χ1n) is 6.04. The molecule has 3 heteroatoms. The zero-order valence-corrected chi connectivity index (χ0v) is 11.1. The Morgan fingerprint density at radius 2 is 1.78 bits per heavy atom. The van der Waals surface area contributed by atoms with E-state index in [1.54, 1.807) is 0 Å². The van der Waals surface area contributed by atoms with Crippen LogP contribution in [0.2, 0.25) is 0 Å². The highest BCUT2D eigenvalue weighted by Crippen LogP contribution is 2.22. The first-order valence-corrected chi connectivity index (χ1v) is 6.04. The summed E-state index contributed by atoms with van der Waals surface area (Å²) in [6, 6.07) is 12.1. The van der Waals surface area contributed by atoms with Crippen molar-refractivity contribution in [3.8, 4) is 0 Å². The fourth-order valence-corrected chi connectivity index (χ4v) is 2.08. The zero-order valence-electron chi connectivity index (χ0n) is 11.1. The number of nitrogens with zero attached hydrogens (tertiary/aromatic N) is 2. The maximum Gasteiger partial charge on any atom is 0.130 e. The van der Waals surface area contributed by atoms with Crippen LogP contribution in [-0.4, -0.2) is 19.1 Å². The van der Waals surface area contributed by atoms with Crippen LogP contribution in [0.25, 0.3) is 0 Å². The Labute approximate surface area is 108 Å². The van der Waals surface area contributed by atoms with Crippen LogP contribution in [0.5, 0.6) is 0 Å². The molecule has 0 saturated carbocycles.